The van der Waals surface area contributed by atoms with Crippen molar-refractivity contribution in [3.8, 4) is 0 Å². The van der Waals surface area contributed by atoms with Gasteiger partial charge in [-0.1, -0.05) is 28.1 Å². The van der Waals surface area contributed by atoms with Gasteiger partial charge in [-0.05, 0) is 42.8 Å². The number of benzene rings is 2. The molecule has 0 saturated carbocycles. The number of halogens is 1. The molecule has 0 spiro atoms. The van der Waals surface area contributed by atoms with Crippen molar-refractivity contribution >= 4 is 33.5 Å². The van der Waals surface area contributed by atoms with E-state index in [1.165, 1.54) is 11.0 Å². The summed E-state index contributed by atoms with van der Waals surface area (Å²) in [4.78, 5) is 25.1. The van der Waals surface area contributed by atoms with E-state index >= 15 is 0 Å². The lowest BCUT2D eigenvalue weighted by molar-refractivity contribution is 0.0697. The lowest BCUT2D eigenvalue weighted by Gasteiger charge is -2.19. The predicted molar refractivity (Wildman–Crippen MR) is 85.0 cm³/mol. The maximum absolute atomic E-state index is 12.5. The van der Waals surface area contributed by atoms with Crippen LogP contribution in [-0.4, -0.2) is 24.0 Å². The van der Waals surface area contributed by atoms with Gasteiger partial charge in [0, 0.05) is 17.1 Å². The average Bonchev–Trinajstić information content (AvgIpc) is 2.44. The Labute approximate surface area is 131 Å². The molecular weight excluding hydrogens is 334 g/mol. The summed E-state index contributed by atoms with van der Waals surface area (Å²) in [5, 5.41) is 9.21. The van der Waals surface area contributed by atoms with E-state index in [-0.39, 0.29) is 11.5 Å². The first-order chi connectivity index (χ1) is 9.90. The number of carbonyl (C=O) groups is 2. The largest absolute Gasteiger partial charge is 0.478 e. The number of amides is 1. The Morgan fingerprint density at radius 1 is 1.14 bits per heavy atom. The van der Waals surface area contributed by atoms with Gasteiger partial charge in [0.05, 0.1) is 11.3 Å². The lowest BCUT2D eigenvalue weighted by atomic mass is 10.1. The van der Waals surface area contributed by atoms with Gasteiger partial charge in [-0.25, -0.2) is 4.79 Å². The highest BCUT2D eigenvalue weighted by atomic mass is 79.9. The van der Waals surface area contributed by atoms with Gasteiger partial charge in [-0.15, -0.1) is 0 Å². The fraction of sp³-hybridized carbons (Fsp3) is 0.125. The van der Waals surface area contributed by atoms with Crippen LogP contribution in [0.1, 0.15) is 26.3 Å². The third kappa shape index (κ3) is 3.31. The normalized spacial score (nSPS) is 10.2. The minimum Gasteiger partial charge on any atom is -0.478 e. The monoisotopic (exact) mass is 347 g/mol. The smallest absolute Gasteiger partial charge is 0.337 e. The van der Waals surface area contributed by atoms with E-state index < -0.39 is 5.97 Å². The molecule has 5 heteroatoms. The van der Waals surface area contributed by atoms with Gasteiger partial charge in [0.15, 0.2) is 0 Å². The van der Waals surface area contributed by atoms with Gasteiger partial charge < -0.3 is 10.0 Å². The Balaban J connectivity index is 2.42. The first kappa shape index (κ1) is 15.3. The zero-order valence-electron chi connectivity index (χ0n) is 11.6. The zero-order valence-corrected chi connectivity index (χ0v) is 13.2. The molecule has 0 aliphatic heterocycles. The molecule has 2 aromatic carbocycles. The molecule has 2 aromatic rings. The van der Waals surface area contributed by atoms with Crippen LogP contribution in [0.15, 0.2) is 46.9 Å². The molecule has 0 fully saturated rings. The van der Waals surface area contributed by atoms with Crippen LogP contribution in [0.2, 0.25) is 0 Å². The Morgan fingerprint density at radius 3 is 2.43 bits per heavy atom. The second-order valence-corrected chi connectivity index (χ2v) is 5.62. The van der Waals surface area contributed by atoms with Crippen molar-refractivity contribution < 1.29 is 14.7 Å². The fourth-order valence-corrected chi connectivity index (χ4v) is 2.72. The van der Waals surface area contributed by atoms with E-state index in [0.717, 1.165) is 10.0 Å². The van der Waals surface area contributed by atoms with Crippen LogP contribution in [0.3, 0.4) is 0 Å². The fourth-order valence-electron chi connectivity index (χ4n) is 2.11. The molecule has 1 N–H and O–H groups in total. The van der Waals surface area contributed by atoms with E-state index in [1.54, 1.807) is 37.4 Å². The van der Waals surface area contributed by atoms with Crippen LogP contribution >= 0.6 is 15.9 Å². The van der Waals surface area contributed by atoms with Gasteiger partial charge in [0.1, 0.15) is 0 Å². The van der Waals surface area contributed by atoms with Gasteiger partial charge >= 0.3 is 5.97 Å². The maximum Gasteiger partial charge on any atom is 0.337 e. The highest BCUT2D eigenvalue weighted by molar-refractivity contribution is 9.10. The van der Waals surface area contributed by atoms with E-state index in [1.807, 2.05) is 13.0 Å². The van der Waals surface area contributed by atoms with Crippen molar-refractivity contribution in [1.82, 2.24) is 0 Å². The molecule has 0 aliphatic carbocycles. The van der Waals surface area contributed by atoms with E-state index in [2.05, 4.69) is 15.9 Å². The minimum atomic E-state index is -1.06. The summed E-state index contributed by atoms with van der Waals surface area (Å²) >= 11 is 3.36. The van der Waals surface area contributed by atoms with Crippen molar-refractivity contribution in [3.05, 3.63) is 63.6 Å². The molecule has 1 amide bonds. The number of hydrogen-bond acceptors (Lipinski definition) is 2. The molecule has 0 bridgehead atoms. The molecule has 0 aliphatic rings. The topological polar surface area (TPSA) is 57.6 Å². The molecule has 4 nitrogen and oxygen atoms in total. The van der Waals surface area contributed by atoms with Crippen LogP contribution in [0.5, 0.6) is 0 Å². The molecular formula is C16H14BrNO3. The zero-order chi connectivity index (χ0) is 15.6. The van der Waals surface area contributed by atoms with Crippen LogP contribution in [-0.2, 0) is 0 Å². The summed E-state index contributed by atoms with van der Waals surface area (Å²) in [5.74, 6) is -1.32. The van der Waals surface area contributed by atoms with Gasteiger partial charge in [-0.3, -0.25) is 4.79 Å². The third-order valence-corrected chi connectivity index (χ3v) is 3.55. The van der Waals surface area contributed by atoms with Gasteiger partial charge in [0.25, 0.3) is 5.91 Å². The first-order valence-electron chi connectivity index (χ1n) is 6.27. The number of aromatic carboxylic acids is 1. The summed E-state index contributed by atoms with van der Waals surface area (Å²) in [6, 6.07) is 11.8. The molecule has 0 heterocycles. The number of para-hydroxylation sites is 1. The second kappa shape index (κ2) is 6.10. The molecule has 0 unspecified atom stereocenters. The van der Waals surface area contributed by atoms with Crippen LogP contribution in [0.4, 0.5) is 5.69 Å². The van der Waals surface area contributed by atoms with Crippen molar-refractivity contribution in [2.75, 3.05) is 11.9 Å². The molecule has 21 heavy (non-hydrogen) atoms. The molecule has 0 aromatic heterocycles. The van der Waals surface area contributed by atoms with Crippen molar-refractivity contribution in [2.45, 2.75) is 6.92 Å². The standard InChI is InChI=1S/C16H14BrNO3/c1-10-7-11(9-12(17)8-10)15(19)18(2)14-6-4-3-5-13(14)16(20)21/h3-9H,1-2H3,(H,20,21). The number of carboxylic acids is 1. The summed E-state index contributed by atoms with van der Waals surface area (Å²) in [6.45, 7) is 1.90. The average molecular weight is 348 g/mol. The highest BCUT2D eigenvalue weighted by Gasteiger charge is 2.19. The van der Waals surface area contributed by atoms with Gasteiger partial charge in [0.2, 0.25) is 0 Å². The number of anilines is 1. The molecule has 0 radical (unpaired) electrons. The number of hydrogen-bond donors (Lipinski definition) is 1. The molecule has 2 rings (SSSR count). The SMILES string of the molecule is Cc1cc(Br)cc(C(=O)N(C)c2ccccc2C(=O)O)c1. The van der Waals surface area contributed by atoms with Crippen molar-refractivity contribution in [1.29, 1.82) is 0 Å². The number of carboxylic acid groups (broad SMARTS) is 1. The number of nitrogens with zero attached hydrogens (tertiary/aromatic N) is 1. The number of rotatable bonds is 3. The molecule has 0 atom stereocenters. The Kier molecular flexibility index (Phi) is 4.43. The summed E-state index contributed by atoms with van der Waals surface area (Å²) in [5.41, 5.74) is 1.92. The molecule has 108 valence electrons. The van der Waals surface area contributed by atoms with E-state index in [0.29, 0.717) is 11.3 Å². The first-order valence-corrected chi connectivity index (χ1v) is 7.07. The lowest BCUT2D eigenvalue weighted by Crippen LogP contribution is -2.28. The number of aryl methyl sites for hydroxylation is 1. The quantitative estimate of drug-likeness (QED) is 0.920. The minimum absolute atomic E-state index is 0.0973. The third-order valence-electron chi connectivity index (χ3n) is 3.09. The Hall–Kier alpha value is -2.14. The predicted octanol–water partition coefficient (Wildman–Crippen LogP) is 3.73. The van der Waals surface area contributed by atoms with E-state index in [4.69, 9.17) is 0 Å². The second-order valence-electron chi connectivity index (χ2n) is 4.70. The van der Waals surface area contributed by atoms with E-state index in [9.17, 15) is 14.7 Å². The van der Waals surface area contributed by atoms with Gasteiger partial charge in [-0.2, -0.15) is 0 Å². The summed E-state index contributed by atoms with van der Waals surface area (Å²) in [6.07, 6.45) is 0. The van der Waals surface area contributed by atoms with Crippen LogP contribution in [0.25, 0.3) is 0 Å². The summed E-state index contributed by atoms with van der Waals surface area (Å²) in [7, 11) is 1.57. The maximum atomic E-state index is 12.5. The highest BCUT2D eigenvalue weighted by Crippen LogP contribution is 2.23. The summed E-state index contributed by atoms with van der Waals surface area (Å²) < 4.78 is 0.811. The molecule has 0 saturated heterocycles. The van der Waals surface area contributed by atoms with Crippen molar-refractivity contribution in [3.63, 3.8) is 0 Å². The Morgan fingerprint density at radius 2 is 1.81 bits per heavy atom. The van der Waals surface area contributed by atoms with Crippen LogP contribution in [0, 0.1) is 6.92 Å². The van der Waals surface area contributed by atoms with Crippen molar-refractivity contribution in [2.24, 2.45) is 0 Å². The van der Waals surface area contributed by atoms with Crippen LogP contribution < -0.4 is 4.90 Å². The Bertz CT molecular complexity index is 692. The number of carbonyl (C=O) groups excluding carboxylic acids is 1.